The molecule has 1 fully saturated rings. The number of hydrogen-bond acceptors (Lipinski definition) is 6. The van der Waals surface area contributed by atoms with E-state index >= 15 is 0 Å². The first-order valence-corrected chi connectivity index (χ1v) is 9.66. The van der Waals surface area contributed by atoms with Crippen molar-refractivity contribution in [2.24, 2.45) is 0 Å². The molecule has 2 aromatic carbocycles. The van der Waals surface area contributed by atoms with Crippen molar-refractivity contribution >= 4 is 35.9 Å². The van der Waals surface area contributed by atoms with Gasteiger partial charge in [-0.3, -0.25) is 9.69 Å². The van der Waals surface area contributed by atoms with Gasteiger partial charge in [0.15, 0.2) is 5.50 Å². The Morgan fingerprint density at radius 3 is 2.34 bits per heavy atom. The van der Waals surface area contributed by atoms with E-state index in [1.54, 1.807) is 0 Å². The summed E-state index contributed by atoms with van der Waals surface area (Å²) in [7, 11) is 1.10. The van der Waals surface area contributed by atoms with Gasteiger partial charge in [-0.1, -0.05) is 0 Å². The van der Waals surface area contributed by atoms with Crippen molar-refractivity contribution in [3.63, 3.8) is 0 Å². The van der Waals surface area contributed by atoms with Crippen LogP contribution in [-0.4, -0.2) is 30.0 Å². The molecular weight excluding hydrogens is 450 g/mol. The zero-order valence-electron chi connectivity index (χ0n) is 17.1. The molecule has 0 bridgehead atoms. The fourth-order valence-corrected chi connectivity index (χ4v) is 4.22. The maximum absolute atomic E-state index is 14.5. The molecule has 6 nitrogen and oxygen atoms in total. The van der Waals surface area contributed by atoms with Gasteiger partial charge in [-0.25, -0.2) is 9.18 Å². The fourth-order valence-electron chi connectivity index (χ4n) is 3.56. The molecule has 3 rings (SSSR count). The summed E-state index contributed by atoms with van der Waals surface area (Å²) in [6.07, 6.45) is -4.81. The van der Waals surface area contributed by atoms with Gasteiger partial charge in [-0.2, -0.15) is 18.4 Å². The van der Waals surface area contributed by atoms with Gasteiger partial charge in [0.05, 0.1) is 29.9 Å². The zero-order valence-corrected chi connectivity index (χ0v) is 18.0. The molecule has 1 aliphatic heterocycles. The topological polar surface area (TPSA) is 73.6 Å². The van der Waals surface area contributed by atoms with Crippen molar-refractivity contribution in [2.45, 2.75) is 31.1 Å². The minimum absolute atomic E-state index is 0.122. The van der Waals surface area contributed by atoms with Crippen LogP contribution in [0.2, 0.25) is 0 Å². The van der Waals surface area contributed by atoms with Crippen LogP contribution in [0.1, 0.15) is 35.3 Å². The van der Waals surface area contributed by atoms with Crippen LogP contribution in [0.25, 0.3) is 0 Å². The SMILES string of the molecule is COC(=O)c1ccc(N2C(S)N(c3ccc(C#N)c(C(F)(F)F)c3)C(=O)C2(C)C)cc1F. The van der Waals surface area contributed by atoms with E-state index in [1.165, 1.54) is 43.0 Å². The van der Waals surface area contributed by atoms with E-state index in [1.807, 2.05) is 0 Å². The van der Waals surface area contributed by atoms with Crippen molar-refractivity contribution in [2.75, 3.05) is 16.9 Å². The maximum Gasteiger partial charge on any atom is 0.417 e. The molecule has 1 heterocycles. The number of methoxy groups -OCH3 is 1. The monoisotopic (exact) mass is 467 g/mol. The first-order chi connectivity index (χ1) is 14.8. The molecule has 1 unspecified atom stereocenters. The summed E-state index contributed by atoms with van der Waals surface area (Å²) in [6.45, 7) is 3.03. The van der Waals surface area contributed by atoms with E-state index in [9.17, 15) is 27.2 Å². The lowest BCUT2D eigenvalue weighted by atomic mass is 10.0. The van der Waals surface area contributed by atoms with E-state index in [0.717, 1.165) is 24.1 Å². The van der Waals surface area contributed by atoms with Crippen molar-refractivity contribution in [1.82, 2.24) is 0 Å². The number of hydrogen-bond donors (Lipinski definition) is 1. The van der Waals surface area contributed by atoms with Crippen LogP contribution in [0.15, 0.2) is 36.4 Å². The normalized spacial score (nSPS) is 18.0. The number of nitriles is 1. The molecule has 0 radical (unpaired) electrons. The maximum atomic E-state index is 14.5. The molecule has 168 valence electrons. The second-order valence-electron chi connectivity index (χ2n) is 7.45. The van der Waals surface area contributed by atoms with Gasteiger partial charge in [-0.05, 0) is 50.2 Å². The average Bonchev–Trinajstić information content (AvgIpc) is 2.90. The van der Waals surface area contributed by atoms with Crippen molar-refractivity contribution in [3.05, 3.63) is 58.9 Å². The third-order valence-corrected chi connectivity index (χ3v) is 5.61. The number of esters is 1. The summed E-state index contributed by atoms with van der Waals surface area (Å²) in [4.78, 5) is 27.3. The zero-order chi connectivity index (χ0) is 24.0. The molecule has 32 heavy (non-hydrogen) atoms. The Hall–Kier alpha value is -3.26. The van der Waals surface area contributed by atoms with Crippen LogP contribution in [0.3, 0.4) is 0 Å². The highest BCUT2D eigenvalue weighted by molar-refractivity contribution is 7.81. The number of carbonyl (C=O) groups excluding carboxylic acids is 2. The van der Waals surface area contributed by atoms with Crippen LogP contribution in [-0.2, 0) is 15.7 Å². The highest BCUT2D eigenvalue weighted by Gasteiger charge is 2.51. The highest BCUT2D eigenvalue weighted by atomic mass is 32.1. The van der Waals surface area contributed by atoms with E-state index in [4.69, 9.17) is 5.26 Å². The van der Waals surface area contributed by atoms with Crippen LogP contribution in [0, 0.1) is 17.1 Å². The summed E-state index contributed by atoms with van der Waals surface area (Å²) in [5.74, 6) is -2.37. The standard InChI is InChI=1S/C21H17F4N3O3S/c1-20(2)18(30)27(12-5-4-11(10-26)15(8-12)21(23,24)25)19(32)28(20)13-6-7-14(16(22)9-13)17(29)31-3/h4-9,19,32H,1-3H3. The molecule has 0 spiro atoms. The Morgan fingerprint density at radius 2 is 1.81 bits per heavy atom. The molecule has 0 N–H and O–H groups in total. The Bertz CT molecular complexity index is 1140. The minimum atomic E-state index is -4.81. The van der Waals surface area contributed by atoms with Crippen molar-refractivity contribution in [3.8, 4) is 6.07 Å². The molecule has 2 aromatic rings. The number of ether oxygens (including phenoxy) is 1. The number of anilines is 2. The number of thiol groups is 1. The summed E-state index contributed by atoms with van der Waals surface area (Å²) in [5, 5.41) is 9.00. The van der Waals surface area contributed by atoms with Crippen molar-refractivity contribution < 1.29 is 31.9 Å². The number of amides is 1. The van der Waals surface area contributed by atoms with Gasteiger partial charge < -0.3 is 9.64 Å². The molecule has 11 heteroatoms. The predicted molar refractivity (Wildman–Crippen MR) is 111 cm³/mol. The molecule has 0 saturated carbocycles. The molecule has 0 aromatic heterocycles. The number of benzene rings is 2. The van der Waals surface area contributed by atoms with E-state index < -0.39 is 46.0 Å². The second-order valence-corrected chi connectivity index (χ2v) is 7.91. The molecule has 1 atom stereocenters. The van der Waals surface area contributed by atoms with E-state index in [-0.39, 0.29) is 16.9 Å². The molecule has 1 amide bonds. The quantitative estimate of drug-likeness (QED) is 0.413. The first-order valence-electron chi connectivity index (χ1n) is 9.15. The van der Waals surface area contributed by atoms with Crippen LogP contribution in [0.5, 0.6) is 0 Å². The number of alkyl halides is 3. The smallest absolute Gasteiger partial charge is 0.417 e. The van der Waals surface area contributed by atoms with E-state index in [2.05, 4.69) is 17.4 Å². The first kappa shape index (κ1) is 23.4. The summed E-state index contributed by atoms with van der Waals surface area (Å²) < 4.78 is 59.2. The van der Waals surface area contributed by atoms with Crippen LogP contribution >= 0.6 is 12.6 Å². The van der Waals surface area contributed by atoms with Gasteiger partial charge in [-0.15, -0.1) is 12.6 Å². The number of nitrogens with zero attached hydrogens (tertiary/aromatic N) is 3. The Labute approximate surface area is 186 Å². The number of rotatable bonds is 3. The molecule has 0 aliphatic carbocycles. The molecule has 1 saturated heterocycles. The Kier molecular flexibility index (Phi) is 5.86. The van der Waals surface area contributed by atoms with Gasteiger partial charge in [0.1, 0.15) is 11.4 Å². The third kappa shape index (κ3) is 3.75. The Balaban J connectivity index is 2.08. The Morgan fingerprint density at radius 1 is 1.19 bits per heavy atom. The molecule has 1 aliphatic rings. The van der Waals surface area contributed by atoms with Crippen LogP contribution in [0.4, 0.5) is 28.9 Å². The summed E-state index contributed by atoms with van der Waals surface area (Å²) in [6, 6.07) is 7.98. The largest absolute Gasteiger partial charge is 0.465 e. The highest BCUT2D eigenvalue weighted by Crippen LogP contribution is 2.42. The predicted octanol–water partition coefficient (Wildman–Crippen LogP) is 4.35. The summed E-state index contributed by atoms with van der Waals surface area (Å²) >= 11 is 4.42. The van der Waals surface area contributed by atoms with Gasteiger partial charge in [0.25, 0.3) is 5.91 Å². The minimum Gasteiger partial charge on any atom is -0.465 e. The van der Waals surface area contributed by atoms with Crippen LogP contribution < -0.4 is 9.80 Å². The lowest BCUT2D eigenvalue weighted by Gasteiger charge is -2.33. The lowest BCUT2D eigenvalue weighted by molar-refractivity contribution is -0.137. The van der Waals surface area contributed by atoms with Crippen molar-refractivity contribution in [1.29, 1.82) is 5.26 Å². The van der Waals surface area contributed by atoms with Gasteiger partial charge in [0.2, 0.25) is 0 Å². The number of carbonyl (C=O) groups is 2. The average molecular weight is 467 g/mol. The third-order valence-electron chi connectivity index (χ3n) is 5.15. The summed E-state index contributed by atoms with van der Waals surface area (Å²) in [5.41, 5.74) is -4.44. The second kappa shape index (κ2) is 8.02. The van der Waals surface area contributed by atoms with E-state index in [0.29, 0.717) is 6.07 Å². The molecular formula is C21H17F4N3O3S. The van der Waals surface area contributed by atoms with Gasteiger partial charge in [0, 0.05) is 11.4 Å². The fraction of sp³-hybridized carbons (Fsp3) is 0.286. The number of halogens is 4. The van der Waals surface area contributed by atoms with Gasteiger partial charge >= 0.3 is 12.1 Å². The lowest BCUT2D eigenvalue weighted by Crippen LogP contribution is -2.45.